The van der Waals surface area contributed by atoms with E-state index in [1.54, 1.807) is 18.2 Å². The molecule has 1 atom stereocenters. The van der Waals surface area contributed by atoms with Gasteiger partial charge >= 0.3 is 6.18 Å². The molecule has 0 aliphatic carbocycles. The van der Waals surface area contributed by atoms with Gasteiger partial charge in [-0.3, -0.25) is 0 Å². The highest BCUT2D eigenvalue weighted by Gasteiger charge is 2.39. The number of hydrogen-bond acceptors (Lipinski definition) is 2. The summed E-state index contributed by atoms with van der Waals surface area (Å²) in [4.78, 5) is 3.83. The van der Waals surface area contributed by atoms with Crippen LogP contribution in [0.5, 0.6) is 0 Å². The smallest absolute Gasteiger partial charge is 0.223 e. The minimum absolute atomic E-state index is 0.0402. The number of rotatable bonds is 4. The fourth-order valence-electron chi connectivity index (χ4n) is 2.52. The van der Waals surface area contributed by atoms with E-state index in [4.69, 9.17) is 34.8 Å². The summed E-state index contributed by atoms with van der Waals surface area (Å²) in [5.74, 6) is -1.86. The van der Waals surface area contributed by atoms with E-state index in [0.717, 1.165) is 6.08 Å². The Bertz CT molecular complexity index is 949. The highest BCUT2D eigenvalue weighted by atomic mass is 35.5. The molecule has 3 rings (SSSR count). The van der Waals surface area contributed by atoms with E-state index in [0.29, 0.717) is 16.3 Å². The van der Waals surface area contributed by atoms with Crippen LogP contribution >= 0.6 is 34.8 Å². The molecule has 3 aromatic rings. The molecule has 140 valence electrons. The molecule has 1 aromatic heterocycles. The maximum Gasteiger partial charge on any atom is 0.399 e. The van der Waals surface area contributed by atoms with Gasteiger partial charge in [0, 0.05) is 10.0 Å². The summed E-state index contributed by atoms with van der Waals surface area (Å²) < 4.78 is 42.0. The summed E-state index contributed by atoms with van der Waals surface area (Å²) in [6.45, 7) is 0. The Hall–Kier alpha value is -2.02. The van der Waals surface area contributed by atoms with Gasteiger partial charge in [-0.25, -0.2) is 9.67 Å². The highest BCUT2D eigenvalue weighted by Crippen LogP contribution is 2.38. The lowest BCUT2D eigenvalue weighted by atomic mass is 9.97. The van der Waals surface area contributed by atoms with E-state index < -0.39 is 12.1 Å². The van der Waals surface area contributed by atoms with Gasteiger partial charge in [0.25, 0.3) is 0 Å². The quantitative estimate of drug-likeness (QED) is 0.466. The first kappa shape index (κ1) is 19.7. The van der Waals surface area contributed by atoms with Crippen LogP contribution in [0.25, 0.3) is 11.8 Å². The summed E-state index contributed by atoms with van der Waals surface area (Å²) in [6, 6.07) is 8.71. The second-order valence-electron chi connectivity index (χ2n) is 5.63. The van der Waals surface area contributed by atoms with Crippen LogP contribution in [-0.4, -0.2) is 20.9 Å². The average molecular weight is 433 g/mol. The monoisotopic (exact) mass is 431 g/mol. The van der Waals surface area contributed by atoms with Crippen LogP contribution in [0.15, 0.2) is 55.1 Å². The van der Waals surface area contributed by atoms with Crippen LogP contribution in [-0.2, 0) is 0 Å². The molecule has 0 spiro atoms. The molecule has 0 bridgehead atoms. The topological polar surface area (TPSA) is 30.7 Å². The molecule has 0 aliphatic rings. The maximum atomic E-state index is 13.5. The number of alkyl halides is 3. The van der Waals surface area contributed by atoms with E-state index in [1.165, 1.54) is 41.6 Å². The van der Waals surface area contributed by atoms with E-state index in [2.05, 4.69) is 10.1 Å². The summed E-state index contributed by atoms with van der Waals surface area (Å²) in [5, 5.41) is 4.58. The standard InChI is InChI=1S/C18H11Cl3F3N3/c19-13-6-12(7-14(20)8-13)15(18(22,23)24)3-1-11-2-4-17(16(21)5-11)27-10-25-9-26-27/h1-10,15H. The van der Waals surface area contributed by atoms with Crippen molar-refractivity contribution in [1.29, 1.82) is 0 Å². The number of hydrogen-bond donors (Lipinski definition) is 0. The second-order valence-corrected chi connectivity index (χ2v) is 6.91. The van der Waals surface area contributed by atoms with Crippen molar-refractivity contribution in [2.75, 3.05) is 0 Å². The van der Waals surface area contributed by atoms with Gasteiger partial charge in [-0.15, -0.1) is 0 Å². The third kappa shape index (κ3) is 4.83. The van der Waals surface area contributed by atoms with Crippen LogP contribution in [0.2, 0.25) is 15.1 Å². The van der Waals surface area contributed by atoms with Crippen molar-refractivity contribution in [2.24, 2.45) is 0 Å². The number of halogens is 6. The van der Waals surface area contributed by atoms with Crippen LogP contribution < -0.4 is 0 Å². The van der Waals surface area contributed by atoms with Gasteiger partial charge in [0.05, 0.1) is 16.6 Å². The minimum Gasteiger partial charge on any atom is -0.223 e. The Morgan fingerprint density at radius 3 is 2.26 bits per heavy atom. The summed E-state index contributed by atoms with van der Waals surface area (Å²) in [6.07, 6.45) is 0.717. The Labute approximate surface area is 168 Å². The van der Waals surface area contributed by atoms with Crippen molar-refractivity contribution in [3.63, 3.8) is 0 Å². The molecule has 27 heavy (non-hydrogen) atoms. The van der Waals surface area contributed by atoms with Crippen molar-refractivity contribution in [3.05, 3.63) is 81.3 Å². The van der Waals surface area contributed by atoms with E-state index in [1.807, 2.05) is 0 Å². The predicted molar refractivity (Wildman–Crippen MR) is 101 cm³/mol. The molecule has 0 aliphatic heterocycles. The minimum atomic E-state index is -4.50. The van der Waals surface area contributed by atoms with Crippen molar-refractivity contribution in [3.8, 4) is 5.69 Å². The SMILES string of the molecule is FC(F)(F)C(C=Cc1ccc(-n2cncn2)c(Cl)c1)c1cc(Cl)cc(Cl)c1. The lowest BCUT2D eigenvalue weighted by molar-refractivity contribution is -0.139. The first-order chi connectivity index (χ1) is 12.7. The van der Waals surface area contributed by atoms with Gasteiger partial charge in [-0.2, -0.15) is 18.3 Å². The molecule has 1 heterocycles. The average Bonchev–Trinajstić information content (AvgIpc) is 3.07. The number of benzene rings is 2. The lowest BCUT2D eigenvalue weighted by Crippen LogP contribution is -2.18. The zero-order chi connectivity index (χ0) is 19.6. The molecule has 2 aromatic carbocycles. The van der Waals surface area contributed by atoms with E-state index >= 15 is 0 Å². The van der Waals surface area contributed by atoms with Crippen LogP contribution in [0, 0.1) is 0 Å². The fraction of sp³-hybridized carbons (Fsp3) is 0.111. The van der Waals surface area contributed by atoms with Gasteiger partial charge in [-0.05, 0) is 41.5 Å². The molecule has 3 nitrogen and oxygen atoms in total. The van der Waals surface area contributed by atoms with Crippen molar-refractivity contribution < 1.29 is 13.2 Å². The van der Waals surface area contributed by atoms with Crippen molar-refractivity contribution >= 4 is 40.9 Å². The maximum absolute atomic E-state index is 13.5. The molecule has 0 radical (unpaired) electrons. The van der Waals surface area contributed by atoms with Crippen molar-refractivity contribution in [2.45, 2.75) is 12.1 Å². The number of nitrogens with zero attached hydrogens (tertiary/aromatic N) is 3. The number of aromatic nitrogens is 3. The van der Waals surface area contributed by atoms with Gasteiger partial charge < -0.3 is 0 Å². The zero-order valence-corrected chi connectivity index (χ0v) is 15.7. The number of allylic oxidation sites excluding steroid dienone is 1. The van der Waals surface area contributed by atoms with E-state index in [-0.39, 0.29) is 15.6 Å². The fourth-order valence-corrected chi connectivity index (χ4v) is 3.33. The zero-order valence-electron chi connectivity index (χ0n) is 13.5. The third-order valence-corrected chi connectivity index (χ3v) is 4.45. The molecule has 0 N–H and O–H groups in total. The molecule has 0 amide bonds. The first-order valence-corrected chi connectivity index (χ1v) is 8.73. The molecule has 0 fully saturated rings. The summed E-state index contributed by atoms with van der Waals surface area (Å²) in [5.41, 5.74) is 1.04. The normalized spacial score (nSPS) is 13.3. The molecule has 9 heteroatoms. The Balaban J connectivity index is 1.92. The summed E-state index contributed by atoms with van der Waals surface area (Å²) in [7, 11) is 0. The van der Waals surface area contributed by atoms with Gasteiger partial charge in [0.1, 0.15) is 12.7 Å². The molecular weight excluding hydrogens is 422 g/mol. The lowest BCUT2D eigenvalue weighted by Gasteiger charge is -2.18. The Kier molecular flexibility index (Phi) is 5.79. The predicted octanol–water partition coefficient (Wildman–Crippen LogP) is 6.59. The molecule has 0 saturated carbocycles. The molecular formula is C18H11Cl3F3N3. The Morgan fingerprint density at radius 1 is 1.00 bits per heavy atom. The first-order valence-electron chi connectivity index (χ1n) is 7.59. The van der Waals surface area contributed by atoms with Gasteiger partial charge in [0.15, 0.2) is 0 Å². The third-order valence-electron chi connectivity index (χ3n) is 3.72. The van der Waals surface area contributed by atoms with E-state index in [9.17, 15) is 13.2 Å². The van der Waals surface area contributed by atoms with Crippen LogP contribution in [0.4, 0.5) is 13.2 Å². The Morgan fingerprint density at radius 2 is 1.70 bits per heavy atom. The van der Waals surface area contributed by atoms with Crippen LogP contribution in [0.1, 0.15) is 17.0 Å². The van der Waals surface area contributed by atoms with Crippen molar-refractivity contribution in [1.82, 2.24) is 14.8 Å². The molecule has 1 unspecified atom stereocenters. The molecule has 0 saturated heterocycles. The van der Waals surface area contributed by atoms with Gasteiger partial charge in [0.2, 0.25) is 0 Å². The second kappa shape index (κ2) is 7.92. The largest absolute Gasteiger partial charge is 0.399 e. The highest BCUT2D eigenvalue weighted by molar-refractivity contribution is 6.34. The summed E-state index contributed by atoms with van der Waals surface area (Å²) >= 11 is 17.9. The van der Waals surface area contributed by atoms with Gasteiger partial charge in [-0.1, -0.05) is 53.0 Å². The van der Waals surface area contributed by atoms with Crippen LogP contribution in [0.3, 0.4) is 0 Å².